The average molecular weight is 383 g/mol. The van der Waals surface area contributed by atoms with E-state index in [1.165, 1.54) is 25.7 Å². The monoisotopic (exact) mass is 382 g/mol. The van der Waals surface area contributed by atoms with Crippen LogP contribution in [0, 0.1) is 0 Å². The molecule has 3 rings (SSSR count). The summed E-state index contributed by atoms with van der Waals surface area (Å²) in [5.74, 6) is -0.0133. The van der Waals surface area contributed by atoms with Gasteiger partial charge in [-0.3, -0.25) is 4.79 Å². The van der Waals surface area contributed by atoms with Gasteiger partial charge in [0.1, 0.15) is 6.10 Å². The van der Waals surface area contributed by atoms with E-state index in [4.69, 9.17) is 27.9 Å². The van der Waals surface area contributed by atoms with Crippen molar-refractivity contribution >= 4 is 34.7 Å². The lowest BCUT2D eigenvalue weighted by Crippen LogP contribution is -2.33. The highest BCUT2D eigenvalue weighted by atomic mass is 35.5. The lowest BCUT2D eigenvalue weighted by Gasteiger charge is -2.30. The molecular formula is C20H24Cl2O3. The molecule has 0 bridgehead atoms. The number of aliphatic hydroxyl groups excluding tert-OH is 1. The van der Waals surface area contributed by atoms with Crippen LogP contribution in [0.2, 0.25) is 10.0 Å². The van der Waals surface area contributed by atoms with Gasteiger partial charge in [-0.1, -0.05) is 55.5 Å². The number of carbonyl (C=O) groups excluding carboxylic acids is 1. The van der Waals surface area contributed by atoms with Gasteiger partial charge in [0.25, 0.3) is 0 Å². The quantitative estimate of drug-likeness (QED) is 0.553. The number of esters is 1. The Hall–Kier alpha value is -1.03. The van der Waals surface area contributed by atoms with E-state index in [-0.39, 0.29) is 6.42 Å². The maximum Gasteiger partial charge on any atom is 0.309 e. The molecule has 0 amide bonds. The van der Waals surface area contributed by atoms with Crippen LogP contribution < -0.4 is 0 Å². The van der Waals surface area contributed by atoms with E-state index < -0.39 is 18.2 Å². The molecule has 1 saturated heterocycles. The van der Waals surface area contributed by atoms with Gasteiger partial charge in [0.2, 0.25) is 0 Å². The highest BCUT2D eigenvalue weighted by molar-refractivity contribution is 6.36. The molecular weight excluding hydrogens is 359 g/mol. The molecule has 1 aliphatic carbocycles. The summed E-state index contributed by atoms with van der Waals surface area (Å²) in [7, 11) is 0. The van der Waals surface area contributed by atoms with Crippen molar-refractivity contribution in [1.82, 2.24) is 0 Å². The standard InChI is InChI=1S/C20H24Cl2O3/c1-12(18-10-15(23)11-19(24)25-18)20-16(8-14(21)9-17(20)22)13-6-4-2-3-5-7-13/h8-9,13,15,18,23H,1-7,10-11H2. The van der Waals surface area contributed by atoms with Gasteiger partial charge in [0.15, 0.2) is 0 Å². The van der Waals surface area contributed by atoms with Crippen molar-refractivity contribution in [2.24, 2.45) is 0 Å². The van der Waals surface area contributed by atoms with Crippen LogP contribution in [-0.2, 0) is 9.53 Å². The number of aliphatic hydroxyl groups is 1. The molecule has 2 fully saturated rings. The summed E-state index contributed by atoms with van der Waals surface area (Å²) in [6.45, 7) is 4.17. The third-order valence-electron chi connectivity index (χ3n) is 5.25. The molecule has 1 aliphatic heterocycles. The first-order valence-corrected chi connectivity index (χ1v) is 9.77. The highest BCUT2D eigenvalue weighted by Gasteiger charge is 2.32. The Kier molecular flexibility index (Phi) is 6.08. The molecule has 1 aromatic rings. The van der Waals surface area contributed by atoms with Crippen LogP contribution in [-0.4, -0.2) is 23.3 Å². The molecule has 3 nitrogen and oxygen atoms in total. The zero-order valence-electron chi connectivity index (χ0n) is 14.3. The van der Waals surface area contributed by atoms with Crippen molar-refractivity contribution in [3.05, 3.63) is 39.9 Å². The van der Waals surface area contributed by atoms with Crippen molar-refractivity contribution in [2.45, 2.75) is 69.5 Å². The minimum atomic E-state index is -0.699. The van der Waals surface area contributed by atoms with Gasteiger partial charge in [-0.15, -0.1) is 0 Å². The minimum absolute atomic E-state index is 0.0353. The van der Waals surface area contributed by atoms with Crippen LogP contribution in [0.25, 0.3) is 5.57 Å². The number of rotatable bonds is 3. The van der Waals surface area contributed by atoms with E-state index in [0.717, 1.165) is 24.0 Å². The maximum atomic E-state index is 11.7. The molecule has 0 aromatic heterocycles. The number of hydrogen-bond donors (Lipinski definition) is 1. The number of halogens is 2. The van der Waals surface area contributed by atoms with Crippen LogP contribution in [0.3, 0.4) is 0 Å². The largest absolute Gasteiger partial charge is 0.457 e. The van der Waals surface area contributed by atoms with Crippen molar-refractivity contribution < 1.29 is 14.6 Å². The van der Waals surface area contributed by atoms with Crippen LogP contribution >= 0.6 is 23.2 Å². The second-order valence-corrected chi connectivity index (χ2v) is 7.98. The Morgan fingerprint density at radius 3 is 2.48 bits per heavy atom. The molecule has 2 aliphatic rings. The molecule has 0 spiro atoms. The first kappa shape index (κ1) is 18.8. The summed E-state index contributed by atoms with van der Waals surface area (Å²) in [4.78, 5) is 11.7. The molecule has 136 valence electrons. The average Bonchev–Trinajstić information content (AvgIpc) is 2.82. The van der Waals surface area contributed by atoms with Crippen LogP contribution in [0.4, 0.5) is 0 Å². The first-order valence-electron chi connectivity index (χ1n) is 9.01. The second-order valence-electron chi connectivity index (χ2n) is 7.14. The summed E-state index contributed by atoms with van der Waals surface area (Å²) in [6.07, 6.45) is 6.25. The molecule has 25 heavy (non-hydrogen) atoms. The fourth-order valence-electron chi connectivity index (χ4n) is 4.00. The number of carbonyl (C=O) groups is 1. The zero-order valence-corrected chi connectivity index (χ0v) is 15.8. The molecule has 1 heterocycles. The van der Waals surface area contributed by atoms with E-state index >= 15 is 0 Å². The smallest absolute Gasteiger partial charge is 0.309 e. The zero-order chi connectivity index (χ0) is 18.0. The van der Waals surface area contributed by atoms with Gasteiger partial charge in [0.05, 0.1) is 12.5 Å². The van der Waals surface area contributed by atoms with Gasteiger partial charge < -0.3 is 9.84 Å². The normalized spacial score (nSPS) is 25.3. The van der Waals surface area contributed by atoms with E-state index in [1.54, 1.807) is 6.07 Å². The molecule has 2 unspecified atom stereocenters. The second kappa shape index (κ2) is 8.11. The molecule has 5 heteroatoms. The summed E-state index contributed by atoms with van der Waals surface area (Å²) in [5.41, 5.74) is 2.60. The van der Waals surface area contributed by atoms with Crippen LogP contribution in [0.1, 0.15) is 68.4 Å². The van der Waals surface area contributed by atoms with Crippen LogP contribution in [0.5, 0.6) is 0 Å². The third-order valence-corrected chi connectivity index (χ3v) is 5.77. The Morgan fingerprint density at radius 1 is 1.16 bits per heavy atom. The van der Waals surface area contributed by atoms with Crippen LogP contribution in [0.15, 0.2) is 18.7 Å². The number of benzene rings is 1. The number of cyclic esters (lactones) is 1. The Bertz CT molecular complexity index is 663. The number of ether oxygens (including phenoxy) is 1. The molecule has 1 N–H and O–H groups in total. The predicted octanol–water partition coefficient (Wildman–Crippen LogP) is 5.51. The van der Waals surface area contributed by atoms with Gasteiger partial charge >= 0.3 is 5.97 Å². The van der Waals surface area contributed by atoms with Crippen molar-refractivity contribution in [3.63, 3.8) is 0 Å². The van der Waals surface area contributed by atoms with Gasteiger partial charge in [-0.05, 0) is 42.0 Å². The lowest BCUT2D eigenvalue weighted by molar-refractivity contribution is -0.155. The highest BCUT2D eigenvalue weighted by Crippen LogP contribution is 2.42. The molecule has 1 aromatic carbocycles. The predicted molar refractivity (Wildman–Crippen MR) is 101 cm³/mol. The molecule has 1 saturated carbocycles. The Labute approximate surface area is 159 Å². The fraction of sp³-hybridized carbons (Fsp3) is 0.550. The van der Waals surface area contributed by atoms with Crippen molar-refractivity contribution in [3.8, 4) is 0 Å². The third kappa shape index (κ3) is 4.39. The van der Waals surface area contributed by atoms with E-state index in [2.05, 4.69) is 6.58 Å². The number of hydrogen-bond acceptors (Lipinski definition) is 3. The van der Waals surface area contributed by atoms with Gasteiger partial charge in [-0.2, -0.15) is 0 Å². The lowest BCUT2D eigenvalue weighted by atomic mass is 9.84. The summed E-state index contributed by atoms with van der Waals surface area (Å²) >= 11 is 12.8. The van der Waals surface area contributed by atoms with Gasteiger partial charge in [0, 0.05) is 22.0 Å². The van der Waals surface area contributed by atoms with Crippen molar-refractivity contribution in [2.75, 3.05) is 0 Å². The SMILES string of the molecule is C=C(c1c(Cl)cc(Cl)cc1C1CCCCCC1)C1CC(O)CC(=O)O1. The maximum absolute atomic E-state index is 11.7. The fourth-order valence-corrected chi connectivity index (χ4v) is 4.63. The first-order chi connectivity index (χ1) is 12.0. The Morgan fingerprint density at radius 2 is 1.84 bits per heavy atom. The summed E-state index contributed by atoms with van der Waals surface area (Å²) in [5, 5.41) is 11.1. The van der Waals surface area contributed by atoms with Crippen molar-refractivity contribution in [1.29, 1.82) is 0 Å². The Balaban J connectivity index is 1.96. The summed E-state index contributed by atoms with van der Waals surface area (Å²) in [6, 6.07) is 3.69. The van der Waals surface area contributed by atoms with E-state index in [1.807, 2.05) is 6.07 Å². The van der Waals surface area contributed by atoms with Gasteiger partial charge in [-0.25, -0.2) is 0 Å². The van der Waals surface area contributed by atoms with E-state index in [9.17, 15) is 9.90 Å². The summed E-state index contributed by atoms with van der Waals surface area (Å²) < 4.78 is 5.44. The minimum Gasteiger partial charge on any atom is -0.457 e. The van der Waals surface area contributed by atoms with E-state index in [0.29, 0.717) is 28.0 Å². The molecule has 0 radical (unpaired) electrons. The molecule has 2 atom stereocenters. The topological polar surface area (TPSA) is 46.5 Å².